The summed E-state index contributed by atoms with van der Waals surface area (Å²) in [5.41, 5.74) is 4.97. The van der Waals surface area contributed by atoms with Crippen molar-refractivity contribution in [1.29, 1.82) is 5.26 Å². The fraction of sp³-hybridized carbons (Fsp3) is 0.500. The van der Waals surface area contributed by atoms with Crippen molar-refractivity contribution in [2.75, 3.05) is 38.1 Å². The Balaban J connectivity index is 1.44. The van der Waals surface area contributed by atoms with E-state index >= 15 is 0 Å². The summed E-state index contributed by atoms with van der Waals surface area (Å²) in [7, 11) is 3.40. The first-order valence-corrected chi connectivity index (χ1v) is 13.8. The van der Waals surface area contributed by atoms with Crippen LogP contribution in [-0.2, 0) is 26.4 Å². The predicted octanol–water partition coefficient (Wildman–Crippen LogP) is 4.12. The van der Waals surface area contributed by atoms with Gasteiger partial charge in [-0.15, -0.1) is 0 Å². The van der Waals surface area contributed by atoms with Crippen molar-refractivity contribution in [1.82, 2.24) is 34.7 Å². The van der Waals surface area contributed by atoms with E-state index in [0.29, 0.717) is 50.3 Å². The normalized spacial score (nSPS) is 17.6. The summed E-state index contributed by atoms with van der Waals surface area (Å²) in [4.78, 5) is 18.2. The molecule has 0 atom stereocenters. The molecule has 40 heavy (non-hydrogen) atoms. The van der Waals surface area contributed by atoms with Gasteiger partial charge in [0.05, 0.1) is 18.8 Å². The molecule has 2 amide bonds. The second-order valence-corrected chi connectivity index (χ2v) is 10.8. The maximum Gasteiger partial charge on any atom is 0.317 e. The first-order valence-electron chi connectivity index (χ1n) is 13.8. The largest absolute Gasteiger partial charge is 0.341 e. The number of benzene rings is 1. The highest BCUT2D eigenvalue weighted by atomic mass is 19.3. The fourth-order valence-electron chi connectivity index (χ4n) is 6.35. The Kier molecular flexibility index (Phi) is 6.82. The third-order valence-corrected chi connectivity index (χ3v) is 8.39. The summed E-state index contributed by atoms with van der Waals surface area (Å²) in [5, 5.41) is 21.4. The molecule has 6 rings (SSSR count). The number of hydrogen-bond donors (Lipinski definition) is 1. The lowest BCUT2D eigenvalue weighted by molar-refractivity contribution is 0.152. The molecule has 210 valence electrons. The van der Waals surface area contributed by atoms with Crippen LogP contribution in [0, 0.1) is 11.5 Å². The zero-order valence-corrected chi connectivity index (χ0v) is 22.8. The lowest BCUT2D eigenvalue weighted by atomic mass is 9.92. The number of aromatic nitrogens is 4. The van der Waals surface area contributed by atoms with Gasteiger partial charge in [0.25, 0.3) is 6.43 Å². The molecule has 10 nitrogen and oxygen atoms in total. The molecule has 12 heteroatoms. The van der Waals surface area contributed by atoms with Crippen molar-refractivity contribution >= 4 is 17.5 Å². The molecule has 3 aliphatic rings. The van der Waals surface area contributed by atoms with Crippen molar-refractivity contribution in [3.05, 3.63) is 46.9 Å². The molecule has 1 aromatic carbocycles. The van der Waals surface area contributed by atoms with Crippen LogP contribution in [0.25, 0.3) is 11.1 Å². The van der Waals surface area contributed by atoms with E-state index in [1.165, 1.54) is 0 Å². The highest BCUT2D eigenvalue weighted by Crippen LogP contribution is 2.43. The van der Waals surface area contributed by atoms with Crippen LogP contribution in [-0.4, -0.2) is 68.6 Å². The Labute approximate surface area is 231 Å². The fourth-order valence-corrected chi connectivity index (χ4v) is 6.35. The number of aryl methyl sites for hydroxylation is 2. The third kappa shape index (κ3) is 4.53. The second kappa shape index (κ2) is 10.4. The smallest absolute Gasteiger partial charge is 0.317 e. The Morgan fingerprint density at radius 1 is 1.18 bits per heavy atom. The number of hydrogen-bond acceptors (Lipinski definition) is 6. The Morgan fingerprint density at radius 2 is 1.98 bits per heavy atom. The van der Waals surface area contributed by atoms with Gasteiger partial charge in [-0.2, -0.15) is 15.5 Å². The molecular weight excluding hydrogens is 516 g/mol. The standard InChI is InChI=1S/C28H33F2N9O/c1-32-28(40)37-11-7-24-23(16-37)27(34-39(24)20-5-9-36(17-31)10-6-20)38-8-3-4-18-12-21(19-14-33-35(2)15-19)22(26(29)30)13-25(18)38/h12-15,20,26H,3-11,16H2,1-2H3,(H,32,40). The lowest BCUT2D eigenvalue weighted by Gasteiger charge is -2.33. The van der Waals surface area contributed by atoms with Crippen molar-refractivity contribution in [2.45, 2.75) is 51.1 Å². The molecule has 3 aromatic rings. The van der Waals surface area contributed by atoms with Crippen LogP contribution in [0.15, 0.2) is 24.5 Å². The second-order valence-electron chi connectivity index (χ2n) is 10.8. The minimum Gasteiger partial charge on any atom is -0.341 e. The van der Waals surface area contributed by atoms with Crippen LogP contribution in [0.5, 0.6) is 0 Å². The molecule has 3 aliphatic heterocycles. The molecule has 0 bridgehead atoms. The van der Waals surface area contributed by atoms with E-state index in [2.05, 4.69) is 26.2 Å². The molecule has 0 radical (unpaired) electrons. The van der Waals surface area contributed by atoms with E-state index in [-0.39, 0.29) is 17.6 Å². The van der Waals surface area contributed by atoms with Crippen LogP contribution in [0.2, 0.25) is 0 Å². The maximum atomic E-state index is 14.4. The predicted molar refractivity (Wildman–Crippen MR) is 145 cm³/mol. The molecule has 1 N–H and O–H groups in total. The number of amides is 2. The zero-order valence-electron chi connectivity index (χ0n) is 22.8. The van der Waals surface area contributed by atoms with Gasteiger partial charge < -0.3 is 20.0 Å². The summed E-state index contributed by atoms with van der Waals surface area (Å²) in [6.07, 6.45) is 6.89. The molecule has 0 saturated carbocycles. The number of anilines is 2. The first-order chi connectivity index (χ1) is 19.4. The minimum atomic E-state index is -2.65. The summed E-state index contributed by atoms with van der Waals surface area (Å²) >= 11 is 0. The number of piperidine rings is 1. The molecular formula is C28H33F2N9O. The van der Waals surface area contributed by atoms with E-state index in [4.69, 9.17) is 5.10 Å². The summed E-state index contributed by atoms with van der Waals surface area (Å²) in [6, 6.07) is 3.51. The first kappa shape index (κ1) is 26.1. The summed E-state index contributed by atoms with van der Waals surface area (Å²) in [6.45, 7) is 2.99. The number of nitriles is 1. The number of carbonyl (C=O) groups is 1. The zero-order chi connectivity index (χ0) is 28.0. The summed E-state index contributed by atoms with van der Waals surface area (Å²) in [5.74, 6) is 0.738. The topological polar surface area (TPSA) is 98.2 Å². The number of rotatable bonds is 4. The third-order valence-electron chi connectivity index (χ3n) is 8.39. The van der Waals surface area contributed by atoms with Crippen LogP contribution in [0.4, 0.5) is 25.1 Å². The molecule has 1 saturated heterocycles. The van der Waals surface area contributed by atoms with Gasteiger partial charge in [0.2, 0.25) is 0 Å². The molecule has 2 aromatic heterocycles. The van der Waals surface area contributed by atoms with Gasteiger partial charge >= 0.3 is 6.03 Å². The number of alkyl halides is 2. The molecule has 1 fully saturated rings. The number of nitrogens with one attached hydrogen (secondary N) is 1. The number of urea groups is 1. The highest BCUT2D eigenvalue weighted by molar-refractivity contribution is 5.78. The Morgan fingerprint density at radius 3 is 2.65 bits per heavy atom. The number of halogens is 2. The molecule has 0 spiro atoms. The van der Waals surface area contributed by atoms with Crippen LogP contribution >= 0.6 is 0 Å². The number of carbonyl (C=O) groups excluding carboxylic acids is 1. The van der Waals surface area contributed by atoms with Crippen LogP contribution in [0.3, 0.4) is 0 Å². The van der Waals surface area contributed by atoms with E-state index in [1.54, 1.807) is 47.0 Å². The SMILES string of the molecule is CNC(=O)N1CCc2c(c(N3CCCc4cc(-c5cnn(C)c5)c(C(F)F)cc43)nn2C2CCN(C#N)CC2)C1. The Hall–Kier alpha value is -4.14. The van der Waals surface area contributed by atoms with Crippen molar-refractivity contribution in [3.63, 3.8) is 0 Å². The molecule has 0 unspecified atom stereocenters. The summed E-state index contributed by atoms with van der Waals surface area (Å²) < 4.78 is 32.6. The Bertz CT molecular complexity index is 1460. The number of fused-ring (bicyclic) bond motifs is 2. The van der Waals surface area contributed by atoms with Gasteiger partial charge in [-0.3, -0.25) is 9.36 Å². The van der Waals surface area contributed by atoms with Gasteiger partial charge in [-0.1, -0.05) is 0 Å². The molecule has 5 heterocycles. The monoisotopic (exact) mass is 549 g/mol. The van der Waals surface area contributed by atoms with Crippen LogP contribution in [0.1, 0.15) is 54.1 Å². The maximum absolute atomic E-state index is 14.4. The number of likely N-dealkylation sites (tertiary alicyclic amines) is 1. The highest BCUT2D eigenvalue weighted by Gasteiger charge is 2.35. The van der Waals surface area contributed by atoms with E-state index in [9.17, 15) is 18.8 Å². The van der Waals surface area contributed by atoms with Gasteiger partial charge in [-0.05, 0) is 48.9 Å². The quantitative estimate of drug-likeness (QED) is 0.492. The minimum absolute atomic E-state index is 0.0252. The van der Waals surface area contributed by atoms with Gasteiger partial charge in [0.15, 0.2) is 12.0 Å². The van der Waals surface area contributed by atoms with Gasteiger partial charge in [-0.25, -0.2) is 13.6 Å². The van der Waals surface area contributed by atoms with Gasteiger partial charge in [0.1, 0.15) is 0 Å². The van der Waals surface area contributed by atoms with E-state index < -0.39 is 6.43 Å². The van der Waals surface area contributed by atoms with E-state index in [1.807, 2.05) is 6.07 Å². The average molecular weight is 550 g/mol. The van der Waals surface area contributed by atoms with Crippen molar-refractivity contribution in [2.24, 2.45) is 7.05 Å². The van der Waals surface area contributed by atoms with Crippen molar-refractivity contribution in [3.8, 4) is 17.3 Å². The molecule has 0 aliphatic carbocycles. The lowest BCUT2D eigenvalue weighted by Crippen LogP contribution is -2.42. The van der Waals surface area contributed by atoms with Gasteiger partial charge in [0, 0.05) is 81.0 Å². The van der Waals surface area contributed by atoms with Crippen LogP contribution < -0.4 is 10.2 Å². The van der Waals surface area contributed by atoms with E-state index in [0.717, 1.165) is 54.0 Å². The van der Waals surface area contributed by atoms with Crippen molar-refractivity contribution < 1.29 is 13.6 Å². The average Bonchev–Trinajstić information content (AvgIpc) is 3.59. The number of nitrogens with zero attached hydrogens (tertiary/aromatic N) is 8.